The van der Waals surface area contributed by atoms with Gasteiger partial charge in [0.25, 0.3) is 0 Å². The summed E-state index contributed by atoms with van der Waals surface area (Å²) in [6.45, 7) is 7.61. The largest absolute Gasteiger partial charge is 0.464 e. The number of hydrogen-bond acceptors (Lipinski definition) is 10. The van der Waals surface area contributed by atoms with E-state index in [-0.39, 0.29) is 11.0 Å². The highest BCUT2D eigenvalue weighted by Crippen LogP contribution is 2.39. The number of esters is 2. The molecule has 0 bridgehead atoms. The minimum atomic E-state index is -1.27. The zero-order chi connectivity index (χ0) is 29.6. The van der Waals surface area contributed by atoms with E-state index in [1.54, 1.807) is 58.0 Å². The smallest absolute Gasteiger partial charge is 0.343 e. The second-order valence-electron chi connectivity index (χ2n) is 8.53. The second kappa shape index (κ2) is 17.7. The number of carbonyl (C=O) groups is 2. The topological polar surface area (TPSA) is 106 Å². The molecule has 3 rings (SSSR count). The molecule has 0 saturated carbocycles. The van der Waals surface area contributed by atoms with Crippen LogP contribution in [0.15, 0.2) is 60.7 Å². The lowest BCUT2D eigenvalue weighted by molar-refractivity contribution is -0.144. The van der Waals surface area contributed by atoms with Gasteiger partial charge in [-0.3, -0.25) is 4.79 Å². The van der Waals surface area contributed by atoms with Crippen LogP contribution in [0.1, 0.15) is 48.2 Å². The van der Waals surface area contributed by atoms with Crippen molar-refractivity contribution in [1.29, 1.82) is 0 Å². The fraction of sp³-hybridized carbons (Fsp3) is 0.345. The van der Waals surface area contributed by atoms with Gasteiger partial charge in [-0.15, -0.1) is 0 Å². The van der Waals surface area contributed by atoms with Crippen LogP contribution < -0.4 is 10.5 Å². The lowest BCUT2D eigenvalue weighted by Crippen LogP contribution is -2.14. The van der Waals surface area contributed by atoms with Crippen molar-refractivity contribution >= 4 is 70.1 Å². The minimum absolute atomic E-state index is 0.267. The molecule has 12 heteroatoms. The number of nitrogens with two attached hydrogens (primary N) is 1. The van der Waals surface area contributed by atoms with Gasteiger partial charge in [0, 0.05) is 17.1 Å². The van der Waals surface area contributed by atoms with Crippen molar-refractivity contribution in [3.05, 3.63) is 77.4 Å². The monoisotopic (exact) mass is 635 g/mol. The predicted molar refractivity (Wildman–Crippen MR) is 172 cm³/mol. The maximum Gasteiger partial charge on any atom is 0.343 e. The molecule has 0 amide bonds. The highest BCUT2D eigenvalue weighted by molar-refractivity contribution is 8.76. The van der Waals surface area contributed by atoms with Crippen molar-refractivity contribution in [2.75, 3.05) is 37.9 Å². The minimum Gasteiger partial charge on any atom is -0.464 e. The van der Waals surface area contributed by atoms with Crippen LogP contribution in [0.2, 0.25) is 0 Å². The first-order chi connectivity index (χ1) is 19.8. The fourth-order valence-corrected chi connectivity index (χ4v) is 6.33. The molecule has 0 aliphatic carbocycles. The van der Waals surface area contributed by atoms with Crippen LogP contribution in [0, 0.1) is 0 Å². The molecule has 0 aromatic heterocycles. The van der Waals surface area contributed by atoms with Crippen LogP contribution in [0.5, 0.6) is 5.75 Å². The summed E-state index contributed by atoms with van der Waals surface area (Å²) in [6, 6.07) is 17.7. The molecule has 2 N–H and O–H groups in total. The highest BCUT2D eigenvalue weighted by atomic mass is 33.1. The Kier molecular flexibility index (Phi) is 14.3. The summed E-state index contributed by atoms with van der Waals surface area (Å²) in [7, 11) is 2.01. The van der Waals surface area contributed by atoms with Crippen molar-refractivity contribution in [2.45, 2.75) is 26.7 Å². The van der Waals surface area contributed by atoms with E-state index < -0.39 is 20.5 Å². The number of fused-ring (bicyclic) bond motifs is 1. The average molecular weight is 636 g/mol. The van der Waals surface area contributed by atoms with Gasteiger partial charge in [0.2, 0.25) is 0 Å². The van der Waals surface area contributed by atoms with E-state index in [0.717, 1.165) is 22.1 Å². The molecule has 0 radical (unpaired) electrons. The van der Waals surface area contributed by atoms with E-state index in [1.807, 2.05) is 45.0 Å². The lowest BCUT2D eigenvalue weighted by Gasteiger charge is -2.14. The van der Waals surface area contributed by atoms with E-state index in [0.29, 0.717) is 49.1 Å². The molecule has 220 valence electrons. The van der Waals surface area contributed by atoms with Gasteiger partial charge in [-0.1, -0.05) is 70.2 Å². The van der Waals surface area contributed by atoms with E-state index in [2.05, 4.69) is 0 Å². The van der Waals surface area contributed by atoms with E-state index in [4.69, 9.17) is 41.0 Å². The van der Waals surface area contributed by atoms with E-state index in [9.17, 15) is 9.59 Å². The quantitative estimate of drug-likeness (QED) is 0.0412. The summed E-state index contributed by atoms with van der Waals surface area (Å²) < 4.78 is 27.4. The predicted octanol–water partition coefficient (Wildman–Crippen LogP) is 7.04. The summed E-state index contributed by atoms with van der Waals surface area (Å²) in [5.41, 5.74) is 7.54. The molecule has 8 nitrogen and oxygen atoms in total. The summed E-state index contributed by atoms with van der Waals surface area (Å²) in [6.07, 6.45) is 0. The zero-order valence-electron chi connectivity index (χ0n) is 23.2. The molecule has 0 aliphatic rings. The Morgan fingerprint density at radius 1 is 0.854 bits per heavy atom. The van der Waals surface area contributed by atoms with E-state index in [1.165, 1.54) is 0 Å². The van der Waals surface area contributed by atoms with Crippen molar-refractivity contribution in [3.8, 4) is 5.75 Å². The first kappa shape index (κ1) is 33.3. The molecule has 3 aromatic carbocycles. The van der Waals surface area contributed by atoms with E-state index >= 15 is 0 Å². The summed E-state index contributed by atoms with van der Waals surface area (Å²) >= 11 is 4.94. The third-order valence-electron chi connectivity index (χ3n) is 5.63. The van der Waals surface area contributed by atoms with Crippen LogP contribution in [-0.2, 0) is 23.1 Å². The Morgan fingerprint density at radius 3 is 2.12 bits per heavy atom. The molecule has 0 aliphatic heterocycles. The van der Waals surface area contributed by atoms with Crippen LogP contribution >= 0.6 is 42.4 Å². The van der Waals surface area contributed by atoms with Gasteiger partial charge in [-0.05, 0) is 61.4 Å². The molecule has 3 aromatic rings. The maximum atomic E-state index is 12.6. The fourth-order valence-electron chi connectivity index (χ4n) is 3.54. The van der Waals surface area contributed by atoms with Crippen molar-refractivity contribution in [3.63, 3.8) is 0 Å². The van der Waals surface area contributed by atoms with Crippen molar-refractivity contribution < 1.29 is 32.6 Å². The molecule has 1 unspecified atom stereocenters. The zero-order valence-corrected chi connectivity index (χ0v) is 26.5. The van der Waals surface area contributed by atoms with Gasteiger partial charge in [-0.25, -0.2) is 4.79 Å². The van der Waals surface area contributed by atoms with Crippen LogP contribution in [0.25, 0.3) is 10.8 Å². The molecule has 1 atom stereocenters. The Labute approximate surface area is 255 Å². The van der Waals surface area contributed by atoms with Crippen LogP contribution in [0.3, 0.4) is 0 Å². The molecule has 0 fully saturated rings. The maximum absolute atomic E-state index is 12.6. The number of benzene rings is 3. The summed E-state index contributed by atoms with van der Waals surface area (Å²) in [5, 5.41) is 1.81. The number of ether oxygens (including phenoxy) is 2. The van der Waals surface area contributed by atoms with Gasteiger partial charge in [0.05, 0.1) is 31.3 Å². The molecule has 41 heavy (non-hydrogen) atoms. The first-order valence-corrected chi connectivity index (χ1v) is 17.1. The second-order valence-corrected chi connectivity index (χ2v) is 12.9. The SMILES string of the molecule is CCOP(OCC)OCCSSCCOC(=O)C(C)c1ccc2cc(OC(=O)c3ccc(C(N)=S)cc3)ccc2c1. The van der Waals surface area contributed by atoms with Gasteiger partial charge >= 0.3 is 20.5 Å². The number of thiocarbonyl (C=S) groups is 1. The normalized spacial score (nSPS) is 11.9. The van der Waals surface area contributed by atoms with Gasteiger partial charge < -0.3 is 28.8 Å². The third-order valence-corrected chi connectivity index (χ3v) is 9.53. The Bertz CT molecular complexity index is 1300. The molecule has 0 heterocycles. The summed E-state index contributed by atoms with van der Waals surface area (Å²) in [5.74, 6) is 0.719. The summed E-state index contributed by atoms with van der Waals surface area (Å²) in [4.78, 5) is 25.4. The van der Waals surface area contributed by atoms with Gasteiger partial charge in [-0.2, -0.15) is 0 Å². The highest BCUT2D eigenvalue weighted by Gasteiger charge is 2.18. The van der Waals surface area contributed by atoms with Crippen molar-refractivity contribution in [2.24, 2.45) is 5.73 Å². The molecule has 0 spiro atoms. The third kappa shape index (κ3) is 10.8. The first-order valence-electron chi connectivity index (χ1n) is 13.1. The van der Waals surface area contributed by atoms with Crippen LogP contribution in [0.4, 0.5) is 0 Å². The molecular weight excluding hydrogens is 601 g/mol. The number of hydrogen-bond donors (Lipinski definition) is 1. The van der Waals surface area contributed by atoms with Crippen molar-refractivity contribution in [1.82, 2.24) is 0 Å². The molecular formula is C29H34NO7PS3. The van der Waals surface area contributed by atoms with Gasteiger partial charge in [0.1, 0.15) is 17.3 Å². The average Bonchev–Trinajstić information content (AvgIpc) is 2.97. The van der Waals surface area contributed by atoms with Gasteiger partial charge in [0.15, 0.2) is 0 Å². The molecule has 0 saturated heterocycles. The Hall–Kier alpha value is -2.24. The Morgan fingerprint density at radius 2 is 1.46 bits per heavy atom. The number of carbonyl (C=O) groups excluding carboxylic acids is 2. The lowest BCUT2D eigenvalue weighted by atomic mass is 9.98. The standard InChI is InChI=1S/C29H34NO7PS3/c1-4-34-38(35-5-2)36-15-17-41-40-16-14-33-28(31)20(3)23-10-11-25-19-26(13-12-24(25)18-23)37-29(32)22-8-6-21(7-9-22)27(30)39/h6-13,18-20H,4-5,14-17H2,1-3H3,(H2,30,39). The van der Waals surface area contributed by atoms with Crippen LogP contribution in [-0.4, -0.2) is 54.9 Å². The number of rotatable bonds is 17. The Balaban J connectivity index is 1.43.